The average molecular weight is 1000 g/mol. The summed E-state index contributed by atoms with van der Waals surface area (Å²) in [5, 5.41) is 6.82. The highest BCUT2D eigenvalue weighted by atomic mass is 32.1. The minimum Gasteiger partial charge on any atom is -0.456 e. The molecule has 17 rings (SSSR count). The van der Waals surface area contributed by atoms with Gasteiger partial charge in [-0.1, -0.05) is 188 Å². The normalized spacial score (nSPS) is 13.1. The van der Waals surface area contributed by atoms with Gasteiger partial charge in [0.2, 0.25) is 0 Å². The van der Waals surface area contributed by atoms with Gasteiger partial charge in [0.25, 0.3) is 0 Å². The lowest BCUT2D eigenvalue weighted by atomic mass is 9.68. The number of benzene rings is 11. The van der Waals surface area contributed by atoms with Gasteiger partial charge in [0.1, 0.15) is 11.2 Å². The summed E-state index contributed by atoms with van der Waals surface area (Å²) in [6.07, 6.45) is 0. The SMILES string of the molecule is c1cc(-c2ccc3oc4cccc(-c5nc(-c6ccc7c(c6)sc6ccccc67)nc(-c6cccc7sc8ccccc8c67)n5)c4c3c2)cc(-c2cccc3c2C2(c4ccccc4-c4ccccc42)c2ccccc2-3)c1. The van der Waals surface area contributed by atoms with Crippen LogP contribution in [0.25, 0.3) is 141 Å². The Kier molecular flexibility index (Phi) is 8.77. The van der Waals surface area contributed by atoms with Crippen LogP contribution >= 0.6 is 22.7 Å². The number of hydrogen-bond acceptors (Lipinski definition) is 6. The highest BCUT2D eigenvalue weighted by Gasteiger charge is 2.52. The van der Waals surface area contributed by atoms with E-state index in [1.807, 2.05) is 0 Å². The lowest BCUT2D eigenvalue weighted by molar-refractivity contribution is 0.669. The predicted octanol–water partition coefficient (Wildman–Crippen LogP) is 19.2. The molecule has 2 aliphatic carbocycles. The van der Waals surface area contributed by atoms with E-state index in [0.29, 0.717) is 17.5 Å². The Hall–Kier alpha value is -9.33. The van der Waals surface area contributed by atoms with Gasteiger partial charge >= 0.3 is 0 Å². The van der Waals surface area contributed by atoms with Gasteiger partial charge in [0.05, 0.1) is 5.41 Å². The van der Waals surface area contributed by atoms with Gasteiger partial charge in [-0.3, -0.25) is 0 Å². The number of fused-ring (bicyclic) bond motifs is 19. The molecule has 4 nitrogen and oxygen atoms in total. The molecule has 352 valence electrons. The topological polar surface area (TPSA) is 51.8 Å². The van der Waals surface area contributed by atoms with Crippen LogP contribution in [0.15, 0.2) is 241 Å². The Morgan fingerprint density at radius 2 is 0.803 bits per heavy atom. The fourth-order valence-electron chi connectivity index (χ4n) is 13.0. The molecule has 0 saturated carbocycles. The van der Waals surface area contributed by atoms with E-state index in [1.54, 1.807) is 22.7 Å². The van der Waals surface area contributed by atoms with Gasteiger partial charge in [0, 0.05) is 67.8 Å². The summed E-state index contributed by atoms with van der Waals surface area (Å²) in [4.78, 5) is 16.2. The molecular weight excluding hydrogens is 963 g/mol. The molecule has 76 heavy (non-hydrogen) atoms. The molecule has 0 amide bonds. The van der Waals surface area contributed by atoms with E-state index in [2.05, 4.69) is 237 Å². The van der Waals surface area contributed by atoms with Gasteiger partial charge in [-0.25, -0.2) is 15.0 Å². The minimum atomic E-state index is -0.457. The van der Waals surface area contributed by atoms with Crippen molar-refractivity contribution in [2.24, 2.45) is 0 Å². The summed E-state index contributed by atoms with van der Waals surface area (Å²) in [7, 11) is 0. The largest absolute Gasteiger partial charge is 0.456 e. The van der Waals surface area contributed by atoms with Gasteiger partial charge in [-0.15, -0.1) is 22.7 Å². The molecule has 0 bridgehead atoms. The van der Waals surface area contributed by atoms with Crippen LogP contribution < -0.4 is 0 Å². The lowest BCUT2D eigenvalue weighted by Crippen LogP contribution is -2.26. The number of rotatable bonds is 5. The smallest absolute Gasteiger partial charge is 0.164 e. The molecule has 0 saturated heterocycles. The summed E-state index contributed by atoms with van der Waals surface area (Å²) >= 11 is 3.60. The zero-order chi connectivity index (χ0) is 49.6. The van der Waals surface area contributed by atoms with Gasteiger partial charge in [0.15, 0.2) is 17.5 Å². The van der Waals surface area contributed by atoms with E-state index < -0.39 is 5.41 Å². The number of aromatic nitrogens is 3. The molecule has 11 aromatic carbocycles. The van der Waals surface area contributed by atoms with Crippen molar-refractivity contribution in [1.82, 2.24) is 15.0 Å². The van der Waals surface area contributed by atoms with Crippen molar-refractivity contribution in [3.8, 4) is 78.7 Å². The number of thiophene rings is 2. The molecule has 6 heteroatoms. The standard InChI is InChI=1S/C70H39N3OS2/c1-6-26-55-45(17-1)46-18-2-7-27-56(46)70(55)57-28-8-3-19-47(57)50-23-12-22-44(66(50)70)42-16-11-15-40(37-42)41-34-36-58-54(38-41)64-52(24-13-29-59(64)74-58)68-71-67(43-33-35-49-48-20-4-9-30-60(48)76-63(49)39-43)72-69(73-68)53-25-14-32-62-65(53)51-21-5-10-31-61(51)75-62/h1-39H. The highest BCUT2D eigenvalue weighted by molar-refractivity contribution is 7.26. The Morgan fingerprint density at radius 3 is 1.58 bits per heavy atom. The molecule has 0 fully saturated rings. The van der Waals surface area contributed by atoms with Gasteiger partial charge < -0.3 is 4.42 Å². The molecular formula is C70H39N3OS2. The van der Waals surface area contributed by atoms with Crippen molar-refractivity contribution in [3.05, 3.63) is 259 Å². The van der Waals surface area contributed by atoms with Crippen LogP contribution in [0.2, 0.25) is 0 Å². The van der Waals surface area contributed by atoms with Crippen molar-refractivity contribution in [3.63, 3.8) is 0 Å². The second-order valence-corrected chi connectivity index (χ2v) is 22.2. The molecule has 1 spiro atoms. The van der Waals surface area contributed by atoms with Crippen LogP contribution in [-0.4, -0.2) is 15.0 Å². The fourth-order valence-corrected chi connectivity index (χ4v) is 15.3. The summed E-state index contributed by atoms with van der Waals surface area (Å²) in [5.41, 5.74) is 19.1. The summed E-state index contributed by atoms with van der Waals surface area (Å²) in [5.74, 6) is 1.85. The molecule has 4 heterocycles. The Bertz CT molecular complexity index is 4920. The van der Waals surface area contributed by atoms with Crippen LogP contribution in [0.3, 0.4) is 0 Å². The van der Waals surface area contributed by atoms with E-state index in [1.165, 1.54) is 90.6 Å². The quantitative estimate of drug-likeness (QED) is 0.172. The molecule has 4 aromatic heterocycles. The highest BCUT2D eigenvalue weighted by Crippen LogP contribution is 2.64. The number of nitrogens with zero attached hydrogens (tertiary/aromatic N) is 3. The second kappa shape index (κ2) is 15.8. The van der Waals surface area contributed by atoms with E-state index >= 15 is 0 Å². The molecule has 0 radical (unpaired) electrons. The fraction of sp³-hybridized carbons (Fsp3) is 0.0143. The molecule has 15 aromatic rings. The summed E-state index contributed by atoms with van der Waals surface area (Å²) in [6.45, 7) is 0. The molecule has 0 atom stereocenters. The van der Waals surface area contributed by atoms with Crippen molar-refractivity contribution in [1.29, 1.82) is 0 Å². The number of hydrogen-bond donors (Lipinski definition) is 0. The van der Waals surface area contributed by atoms with E-state index in [0.717, 1.165) is 55.1 Å². The molecule has 0 unspecified atom stereocenters. The Labute approximate surface area is 444 Å². The van der Waals surface area contributed by atoms with Crippen molar-refractivity contribution >= 4 is 85.0 Å². The van der Waals surface area contributed by atoms with Gasteiger partial charge in [-0.05, 0) is 115 Å². The Morgan fingerprint density at radius 1 is 0.289 bits per heavy atom. The van der Waals surface area contributed by atoms with Crippen LogP contribution in [0, 0.1) is 0 Å². The van der Waals surface area contributed by atoms with Crippen LogP contribution in [0.5, 0.6) is 0 Å². The third-order valence-corrected chi connectivity index (χ3v) is 18.4. The summed E-state index contributed by atoms with van der Waals surface area (Å²) < 4.78 is 11.6. The summed E-state index contributed by atoms with van der Waals surface area (Å²) in [6, 6.07) is 86.2. The molecule has 0 aliphatic heterocycles. The molecule has 2 aliphatic rings. The van der Waals surface area contributed by atoms with Crippen LogP contribution in [0.4, 0.5) is 0 Å². The first-order valence-electron chi connectivity index (χ1n) is 25.7. The maximum atomic E-state index is 6.72. The number of furan rings is 1. The van der Waals surface area contributed by atoms with Crippen molar-refractivity contribution in [2.75, 3.05) is 0 Å². The first kappa shape index (κ1) is 42.1. The van der Waals surface area contributed by atoms with Crippen LogP contribution in [0.1, 0.15) is 22.3 Å². The zero-order valence-corrected chi connectivity index (χ0v) is 42.2. The first-order chi connectivity index (χ1) is 37.7. The zero-order valence-electron chi connectivity index (χ0n) is 40.6. The van der Waals surface area contributed by atoms with Crippen molar-refractivity contribution < 1.29 is 4.42 Å². The van der Waals surface area contributed by atoms with E-state index in [9.17, 15) is 0 Å². The Balaban J connectivity index is 0.843. The first-order valence-corrected chi connectivity index (χ1v) is 27.4. The monoisotopic (exact) mass is 1000 g/mol. The van der Waals surface area contributed by atoms with Crippen LogP contribution in [-0.2, 0) is 5.41 Å². The second-order valence-electron chi connectivity index (χ2n) is 20.1. The minimum absolute atomic E-state index is 0.457. The predicted molar refractivity (Wildman–Crippen MR) is 316 cm³/mol. The third-order valence-electron chi connectivity index (χ3n) is 16.2. The van der Waals surface area contributed by atoms with Crippen molar-refractivity contribution in [2.45, 2.75) is 5.41 Å². The maximum absolute atomic E-state index is 6.72. The lowest BCUT2D eigenvalue weighted by Gasteiger charge is -2.32. The van der Waals surface area contributed by atoms with Gasteiger partial charge in [-0.2, -0.15) is 0 Å². The maximum Gasteiger partial charge on any atom is 0.164 e. The third kappa shape index (κ3) is 5.85. The molecule has 0 N–H and O–H groups in total. The van der Waals surface area contributed by atoms with E-state index in [4.69, 9.17) is 19.4 Å². The average Bonchev–Trinajstić information content (AvgIpc) is 4.44. The van der Waals surface area contributed by atoms with E-state index in [-0.39, 0.29) is 0 Å².